The molecule has 0 atom stereocenters. The number of nitro groups is 2. The third-order valence-electron chi connectivity index (χ3n) is 9.24. The largest absolute Gasteiger partial charge is 0.462 e. The molecule has 0 spiro atoms. The highest BCUT2D eigenvalue weighted by atomic mass is 16.6. The number of hydrogen-bond donors (Lipinski definition) is 0. The Hall–Kier alpha value is -8.02. The summed E-state index contributed by atoms with van der Waals surface area (Å²) in [5.74, 6) is -5.48. The number of nitrogens with zero attached hydrogens (tertiary/aromatic N) is 4. The first-order valence-corrected chi connectivity index (χ1v) is 18.4. The molecule has 0 saturated carbocycles. The molecule has 0 unspecified atom stereocenters. The SMILES string of the molecule is CCOC(=O)c1c(C(=O)OCC)c2cc(-c3ccn4c(C(=O)c5ccc([N+](=O)[O-])cc5)c(C(=O)OCC)c(C(=O)OCC)c4c3)ccn2c1C(=O)c1ccc([N+](=O)[O-])cc1. The van der Waals surface area contributed by atoms with E-state index in [-0.39, 0.29) is 82.5 Å². The summed E-state index contributed by atoms with van der Waals surface area (Å²) in [4.78, 5) is 104. The molecule has 6 rings (SSSR count). The van der Waals surface area contributed by atoms with Gasteiger partial charge in [-0.1, -0.05) is 0 Å². The van der Waals surface area contributed by atoms with Gasteiger partial charge in [-0.3, -0.25) is 29.8 Å². The average Bonchev–Trinajstić information content (AvgIpc) is 3.77. The van der Waals surface area contributed by atoms with E-state index >= 15 is 0 Å². The van der Waals surface area contributed by atoms with Crippen molar-refractivity contribution in [3.05, 3.63) is 150 Å². The maximum Gasteiger partial charge on any atom is 0.341 e. The van der Waals surface area contributed by atoms with Gasteiger partial charge in [0.05, 0.1) is 47.3 Å². The van der Waals surface area contributed by atoms with Crippen molar-refractivity contribution in [1.82, 2.24) is 8.80 Å². The van der Waals surface area contributed by atoms with E-state index in [0.717, 1.165) is 24.3 Å². The molecule has 18 heteroatoms. The van der Waals surface area contributed by atoms with E-state index in [9.17, 15) is 49.0 Å². The summed E-state index contributed by atoms with van der Waals surface area (Å²) in [5.41, 5.74) is -1.86. The van der Waals surface area contributed by atoms with Crippen molar-refractivity contribution in [2.75, 3.05) is 26.4 Å². The van der Waals surface area contributed by atoms with Crippen LogP contribution < -0.4 is 0 Å². The average molecular weight is 819 g/mol. The summed E-state index contributed by atoms with van der Waals surface area (Å²) in [5, 5.41) is 22.6. The standard InChI is InChI=1S/C42H34N4O14/c1-5-57-39(49)31-29-21-25(17-19-43(29)35(33(31)41(51)59-7-3)37(47)23-9-13-27(14-10-23)45(53)54)26-18-20-44-30(22-26)32(40(50)58-6-2)34(42(52)60-8-4)36(44)38(48)24-11-15-28(16-12-24)46(55)56/h9-22H,5-8H2,1-4H3. The molecule has 0 saturated heterocycles. The van der Waals surface area contributed by atoms with Crippen molar-refractivity contribution in [2.45, 2.75) is 27.7 Å². The van der Waals surface area contributed by atoms with Crippen LogP contribution in [0.5, 0.6) is 0 Å². The van der Waals surface area contributed by atoms with Gasteiger partial charge in [-0.25, -0.2) is 19.2 Å². The lowest BCUT2D eigenvalue weighted by atomic mass is 10.0. The zero-order valence-electron chi connectivity index (χ0n) is 32.4. The number of non-ortho nitro benzene ring substituents is 2. The minimum Gasteiger partial charge on any atom is -0.462 e. The number of hydrogen-bond acceptors (Lipinski definition) is 14. The number of aromatic nitrogens is 2. The van der Waals surface area contributed by atoms with Crippen LogP contribution in [0.3, 0.4) is 0 Å². The van der Waals surface area contributed by atoms with Crippen molar-refractivity contribution in [1.29, 1.82) is 0 Å². The topological polar surface area (TPSA) is 234 Å². The van der Waals surface area contributed by atoms with Crippen molar-refractivity contribution in [3.8, 4) is 11.1 Å². The third-order valence-corrected chi connectivity index (χ3v) is 9.24. The van der Waals surface area contributed by atoms with E-state index < -0.39 is 56.4 Å². The van der Waals surface area contributed by atoms with Crippen LogP contribution in [-0.4, -0.2) is 80.5 Å². The second-order valence-electron chi connectivity index (χ2n) is 12.7. The Morgan fingerprint density at radius 3 is 1.07 bits per heavy atom. The first-order valence-electron chi connectivity index (χ1n) is 18.4. The van der Waals surface area contributed by atoms with Crippen LogP contribution in [0, 0.1) is 20.2 Å². The Bertz CT molecular complexity index is 2570. The quantitative estimate of drug-likeness (QED) is 0.0339. The Labute approximate surface area is 339 Å². The molecular weight excluding hydrogens is 784 g/mol. The molecule has 0 aliphatic rings. The molecule has 0 amide bonds. The van der Waals surface area contributed by atoms with Gasteiger partial charge >= 0.3 is 23.9 Å². The second-order valence-corrected chi connectivity index (χ2v) is 12.7. The van der Waals surface area contributed by atoms with Gasteiger partial charge in [0.1, 0.15) is 33.6 Å². The van der Waals surface area contributed by atoms with Gasteiger partial charge in [0.15, 0.2) is 0 Å². The van der Waals surface area contributed by atoms with Crippen LogP contribution in [0.4, 0.5) is 11.4 Å². The number of fused-ring (bicyclic) bond motifs is 2. The smallest absolute Gasteiger partial charge is 0.341 e. The fourth-order valence-electron chi connectivity index (χ4n) is 6.68. The van der Waals surface area contributed by atoms with Gasteiger partial charge in [0.2, 0.25) is 11.6 Å². The minimum absolute atomic E-state index is 0.0291. The van der Waals surface area contributed by atoms with Crippen LogP contribution in [0.15, 0.2) is 85.2 Å². The minimum atomic E-state index is -1.01. The van der Waals surface area contributed by atoms with Crippen LogP contribution >= 0.6 is 0 Å². The number of benzene rings is 2. The maximum atomic E-state index is 14.2. The second kappa shape index (κ2) is 17.2. The maximum absolute atomic E-state index is 14.2. The number of ether oxygens (including phenoxy) is 4. The molecule has 306 valence electrons. The first-order chi connectivity index (χ1) is 28.8. The summed E-state index contributed by atoms with van der Waals surface area (Å²) in [6, 6.07) is 15.4. The predicted octanol–water partition coefficient (Wildman–Crippen LogP) is 6.84. The molecule has 0 N–H and O–H groups in total. The molecule has 0 bridgehead atoms. The first kappa shape index (κ1) is 41.6. The summed E-state index contributed by atoms with van der Waals surface area (Å²) >= 11 is 0. The molecule has 6 aromatic rings. The Kier molecular flexibility index (Phi) is 11.9. The Morgan fingerprint density at radius 1 is 0.483 bits per heavy atom. The zero-order chi connectivity index (χ0) is 43.4. The Balaban J connectivity index is 1.62. The highest BCUT2D eigenvalue weighted by Crippen LogP contribution is 2.35. The molecule has 18 nitrogen and oxygen atoms in total. The number of pyridine rings is 2. The van der Waals surface area contributed by atoms with Crippen molar-refractivity contribution >= 4 is 57.9 Å². The molecule has 0 aliphatic heterocycles. The molecule has 0 aliphatic carbocycles. The lowest BCUT2D eigenvalue weighted by Crippen LogP contribution is -2.16. The molecule has 0 fully saturated rings. The number of rotatable bonds is 15. The van der Waals surface area contributed by atoms with Crippen molar-refractivity contribution in [3.63, 3.8) is 0 Å². The van der Waals surface area contributed by atoms with E-state index in [0.29, 0.717) is 11.1 Å². The van der Waals surface area contributed by atoms with Crippen molar-refractivity contribution in [2.24, 2.45) is 0 Å². The van der Waals surface area contributed by atoms with Crippen LogP contribution in [-0.2, 0) is 18.9 Å². The highest BCUT2D eigenvalue weighted by Gasteiger charge is 2.36. The number of carbonyl (C=O) groups is 6. The van der Waals surface area contributed by atoms with Gasteiger partial charge in [0, 0.05) is 47.8 Å². The summed E-state index contributed by atoms with van der Waals surface area (Å²) in [7, 11) is 0. The summed E-state index contributed by atoms with van der Waals surface area (Å²) in [6.07, 6.45) is 2.83. The number of carbonyl (C=O) groups excluding carboxylic acids is 6. The van der Waals surface area contributed by atoms with Crippen LogP contribution in [0.25, 0.3) is 22.2 Å². The van der Waals surface area contributed by atoms with Gasteiger partial charge in [-0.2, -0.15) is 0 Å². The fourth-order valence-corrected chi connectivity index (χ4v) is 6.68. The third kappa shape index (κ3) is 7.55. The normalized spacial score (nSPS) is 10.9. The van der Waals surface area contributed by atoms with Crippen LogP contribution in [0.2, 0.25) is 0 Å². The van der Waals surface area contributed by atoms with Gasteiger partial charge in [-0.15, -0.1) is 0 Å². The van der Waals surface area contributed by atoms with E-state index in [1.165, 1.54) is 83.6 Å². The summed E-state index contributed by atoms with van der Waals surface area (Å²) < 4.78 is 23.9. The van der Waals surface area contributed by atoms with E-state index in [1.54, 1.807) is 13.8 Å². The number of ketones is 2. The highest BCUT2D eigenvalue weighted by molar-refractivity contribution is 6.21. The number of nitro benzene ring substituents is 2. The molecule has 60 heavy (non-hydrogen) atoms. The summed E-state index contributed by atoms with van der Waals surface area (Å²) in [6.45, 7) is 5.73. The van der Waals surface area contributed by atoms with E-state index in [4.69, 9.17) is 18.9 Å². The molecule has 4 aromatic heterocycles. The van der Waals surface area contributed by atoms with Crippen molar-refractivity contribution < 1.29 is 57.6 Å². The van der Waals surface area contributed by atoms with Crippen LogP contribution in [0.1, 0.15) is 101 Å². The van der Waals surface area contributed by atoms with E-state index in [2.05, 4.69) is 0 Å². The monoisotopic (exact) mass is 818 g/mol. The molecule has 4 heterocycles. The van der Waals surface area contributed by atoms with Gasteiger partial charge in [0.25, 0.3) is 11.4 Å². The lowest BCUT2D eigenvalue weighted by molar-refractivity contribution is -0.385. The number of esters is 4. The predicted molar refractivity (Wildman–Crippen MR) is 211 cm³/mol. The lowest BCUT2D eigenvalue weighted by Gasteiger charge is -2.09. The fraction of sp³-hybridized carbons (Fsp3) is 0.190. The molecular formula is C42H34N4O14. The Morgan fingerprint density at radius 2 is 0.783 bits per heavy atom. The van der Waals surface area contributed by atoms with Gasteiger partial charge in [-0.05, 0) is 87.4 Å². The van der Waals surface area contributed by atoms with E-state index in [1.807, 2.05) is 0 Å². The molecule has 0 radical (unpaired) electrons. The molecule has 2 aromatic carbocycles. The zero-order valence-corrected chi connectivity index (χ0v) is 32.4. The van der Waals surface area contributed by atoms with Gasteiger partial charge < -0.3 is 27.7 Å².